The van der Waals surface area contributed by atoms with Gasteiger partial charge in [-0.05, 0) is 50.1 Å². The summed E-state index contributed by atoms with van der Waals surface area (Å²) < 4.78 is 60.8. The molecule has 1 aliphatic heterocycles. The van der Waals surface area contributed by atoms with E-state index in [1.54, 1.807) is 16.8 Å². The molecule has 3 unspecified atom stereocenters. The van der Waals surface area contributed by atoms with Gasteiger partial charge in [0.05, 0.1) is 31.9 Å². The zero-order valence-electron chi connectivity index (χ0n) is 23.8. The van der Waals surface area contributed by atoms with Crippen molar-refractivity contribution in [1.82, 2.24) is 24.5 Å². The van der Waals surface area contributed by atoms with E-state index in [0.29, 0.717) is 28.9 Å². The number of halogens is 1. The summed E-state index contributed by atoms with van der Waals surface area (Å²) in [7, 11) is -6.63. The van der Waals surface area contributed by atoms with E-state index in [1.165, 1.54) is 44.6 Å². The highest BCUT2D eigenvalue weighted by atomic mass is 35.5. The Morgan fingerprint density at radius 2 is 1.95 bits per heavy atom. The SMILES string of the molecule is COC(=O)C1(NP(=O)(OCC2OC(Cn3ccc4c(NNS(C)(=O)=O)ncnc43)[C@](C)(O)[C@@H]2O)Oc2ccc(Cl)cc2)CC1. The highest BCUT2D eigenvalue weighted by Crippen LogP contribution is 2.52. The smallest absolute Gasteiger partial charge is 0.459 e. The van der Waals surface area contributed by atoms with Crippen LogP contribution in [0, 0.1) is 0 Å². The van der Waals surface area contributed by atoms with Crippen molar-refractivity contribution in [2.45, 2.75) is 55.8 Å². The molecule has 2 fully saturated rings. The number of carbonyl (C=O) groups is 1. The third-order valence-corrected chi connectivity index (χ3v) is 9.71. The number of aromatic nitrogens is 3. The molecule has 0 bridgehead atoms. The molecule has 1 aliphatic carbocycles. The number of benzene rings is 1. The maximum atomic E-state index is 13.9. The standard InChI is InChI=1S/C25H32ClN6O10PS/c1-24(35)19(12-32-11-8-17-21(27-14-28-22(17)32)29-31-44(3,37)38)41-18(20(24)33)13-40-43(36,30-25(9-10-25)23(34)39-2)42-16-6-4-15(26)5-7-16/h4-8,11,14,18-20,31,33,35H,9-10,12-13H2,1-3H3,(H,30,36)(H,27,28,29)/t18?,19?,20-,24+,43?/m1/s1. The number of nitrogens with one attached hydrogen (secondary N) is 3. The average molecular weight is 675 g/mol. The Morgan fingerprint density at radius 1 is 1.25 bits per heavy atom. The van der Waals surface area contributed by atoms with Crippen LogP contribution in [-0.2, 0) is 39.9 Å². The summed E-state index contributed by atoms with van der Waals surface area (Å²) in [6.45, 7) is 0.927. The topological polar surface area (TPSA) is 212 Å². The molecule has 19 heteroatoms. The monoisotopic (exact) mass is 674 g/mol. The van der Waals surface area contributed by atoms with Gasteiger partial charge in [-0.3, -0.25) is 14.7 Å². The van der Waals surface area contributed by atoms with Gasteiger partial charge >= 0.3 is 13.7 Å². The fraction of sp³-hybridized carbons (Fsp3) is 0.480. The number of aliphatic hydroxyl groups excluding tert-OH is 1. The Hall–Kier alpha value is -2.86. The number of carbonyl (C=O) groups excluding carboxylic acids is 1. The molecule has 1 saturated heterocycles. The fourth-order valence-electron chi connectivity index (χ4n) is 4.75. The number of rotatable bonds is 13. The molecule has 5 atom stereocenters. The highest BCUT2D eigenvalue weighted by Gasteiger charge is 2.57. The van der Waals surface area contributed by atoms with E-state index in [-0.39, 0.29) is 18.1 Å². The van der Waals surface area contributed by atoms with Gasteiger partial charge in [0.25, 0.3) is 0 Å². The molecule has 0 amide bonds. The highest BCUT2D eigenvalue weighted by molar-refractivity contribution is 7.88. The van der Waals surface area contributed by atoms with E-state index in [9.17, 15) is 28.0 Å². The Balaban J connectivity index is 1.31. The molecule has 0 radical (unpaired) electrons. The van der Waals surface area contributed by atoms with Crippen LogP contribution in [0.1, 0.15) is 19.8 Å². The van der Waals surface area contributed by atoms with Crippen molar-refractivity contribution >= 4 is 52.2 Å². The Kier molecular flexibility index (Phi) is 8.98. The molecule has 16 nitrogen and oxygen atoms in total. The van der Waals surface area contributed by atoms with Crippen LogP contribution in [0.25, 0.3) is 11.0 Å². The zero-order valence-corrected chi connectivity index (χ0v) is 26.3. The number of hydrazine groups is 1. The second kappa shape index (κ2) is 12.2. The average Bonchev–Trinajstić information content (AvgIpc) is 3.57. The number of esters is 1. The maximum Gasteiger partial charge on any atom is 0.459 e. The predicted molar refractivity (Wildman–Crippen MR) is 157 cm³/mol. The number of aliphatic hydroxyl groups is 2. The molecule has 1 saturated carbocycles. The number of anilines is 1. The third-order valence-electron chi connectivity index (χ3n) is 7.34. The minimum Gasteiger partial charge on any atom is -0.468 e. The van der Waals surface area contributed by atoms with Crippen LogP contribution in [-0.4, -0.2) is 88.6 Å². The van der Waals surface area contributed by atoms with Crippen molar-refractivity contribution in [2.75, 3.05) is 25.4 Å². The normalized spacial score (nSPS) is 25.8. The number of ether oxygens (including phenoxy) is 2. The third kappa shape index (κ3) is 7.01. The first-order valence-electron chi connectivity index (χ1n) is 13.3. The van der Waals surface area contributed by atoms with Gasteiger partial charge in [-0.2, -0.15) is 5.09 Å². The molecule has 2 aromatic heterocycles. The quantitative estimate of drug-likeness (QED) is 0.0984. The van der Waals surface area contributed by atoms with E-state index in [1.807, 2.05) is 0 Å². The Morgan fingerprint density at radius 3 is 2.59 bits per heavy atom. The lowest BCUT2D eigenvalue weighted by Gasteiger charge is -2.27. The number of nitrogens with zero attached hydrogens (tertiary/aromatic N) is 3. The molecule has 0 spiro atoms. The number of fused-ring (bicyclic) bond motifs is 1. The second-order valence-corrected chi connectivity index (χ2v) is 14.6. The van der Waals surface area contributed by atoms with Crippen LogP contribution in [0.3, 0.4) is 0 Å². The summed E-state index contributed by atoms with van der Waals surface area (Å²) in [5, 5.41) is 25.8. The van der Waals surface area contributed by atoms with Crippen LogP contribution in [0.4, 0.5) is 5.82 Å². The van der Waals surface area contributed by atoms with Gasteiger partial charge in [0.1, 0.15) is 47.2 Å². The number of hydrogen-bond acceptors (Lipinski definition) is 13. The minimum absolute atomic E-state index is 0.0165. The van der Waals surface area contributed by atoms with Crippen LogP contribution in [0.2, 0.25) is 5.02 Å². The lowest BCUT2D eigenvalue weighted by molar-refractivity contribution is -0.144. The molecular weight excluding hydrogens is 643 g/mol. The van der Waals surface area contributed by atoms with Gasteiger partial charge in [0.15, 0.2) is 5.82 Å². The van der Waals surface area contributed by atoms with E-state index < -0.39 is 59.8 Å². The zero-order chi connectivity index (χ0) is 31.9. The lowest BCUT2D eigenvalue weighted by Crippen LogP contribution is -2.47. The van der Waals surface area contributed by atoms with Gasteiger partial charge in [0, 0.05) is 11.2 Å². The Bertz CT molecular complexity index is 1680. The minimum atomic E-state index is -4.28. The molecule has 3 heterocycles. The summed E-state index contributed by atoms with van der Waals surface area (Å²) >= 11 is 5.95. The maximum absolute atomic E-state index is 13.9. The summed E-state index contributed by atoms with van der Waals surface area (Å²) in [6.07, 6.45) is 0.919. The first kappa shape index (κ1) is 32.5. The first-order valence-corrected chi connectivity index (χ1v) is 17.1. The molecule has 5 N–H and O–H groups in total. The molecule has 44 heavy (non-hydrogen) atoms. The van der Waals surface area contributed by atoms with Crippen LogP contribution in [0.15, 0.2) is 42.9 Å². The lowest BCUT2D eigenvalue weighted by atomic mass is 9.93. The van der Waals surface area contributed by atoms with Crippen LogP contribution < -0.4 is 19.9 Å². The predicted octanol–water partition coefficient (Wildman–Crippen LogP) is 1.34. The van der Waals surface area contributed by atoms with Crippen molar-refractivity contribution < 1.29 is 46.5 Å². The number of hydrogen-bond donors (Lipinski definition) is 5. The van der Waals surface area contributed by atoms with Crippen molar-refractivity contribution in [3.05, 3.63) is 47.9 Å². The van der Waals surface area contributed by atoms with Gasteiger partial charge in [0.2, 0.25) is 10.0 Å². The van der Waals surface area contributed by atoms with Crippen molar-refractivity contribution in [1.29, 1.82) is 0 Å². The summed E-state index contributed by atoms with van der Waals surface area (Å²) in [4.78, 5) is 22.8. The molecule has 2 aliphatic rings. The van der Waals surface area contributed by atoms with E-state index in [4.69, 9.17) is 30.1 Å². The van der Waals surface area contributed by atoms with Crippen molar-refractivity contribution in [2.24, 2.45) is 0 Å². The number of sulfonamides is 1. The molecule has 240 valence electrons. The molecule has 1 aromatic carbocycles. The van der Waals surface area contributed by atoms with Crippen LogP contribution in [0.5, 0.6) is 5.75 Å². The van der Waals surface area contributed by atoms with Gasteiger partial charge in [-0.1, -0.05) is 11.6 Å². The fourth-order valence-corrected chi connectivity index (χ4v) is 6.90. The molecule has 5 rings (SSSR count). The van der Waals surface area contributed by atoms with E-state index in [0.717, 1.165) is 6.26 Å². The second-order valence-electron chi connectivity index (χ2n) is 10.8. The van der Waals surface area contributed by atoms with Gasteiger partial charge < -0.3 is 28.8 Å². The van der Waals surface area contributed by atoms with Crippen molar-refractivity contribution in [3.63, 3.8) is 0 Å². The number of methoxy groups -OCH3 is 1. The van der Waals surface area contributed by atoms with Crippen molar-refractivity contribution in [3.8, 4) is 5.75 Å². The molecule has 3 aromatic rings. The van der Waals surface area contributed by atoms with Crippen LogP contribution >= 0.6 is 19.3 Å². The van der Waals surface area contributed by atoms with Gasteiger partial charge in [-0.25, -0.2) is 23.0 Å². The summed E-state index contributed by atoms with van der Waals surface area (Å²) in [5.74, 6) is -0.283. The van der Waals surface area contributed by atoms with E-state index >= 15 is 0 Å². The largest absolute Gasteiger partial charge is 0.468 e. The first-order chi connectivity index (χ1) is 20.6. The van der Waals surface area contributed by atoms with Gasteiger partial charge in [-0.15, -0.1) is 4.83 Å². The van der Waals surface area contributed by atoms with E-state index in [2.05, 4.69) is 25.3 Å². The summed E-state index contributed by atoms with van der Waals surface area (Å²) in [6, 6.07) is 7.65. The Labute approximate surface area is 257 Å². The summed E-state index contributed by atoms with van der Waals surface area (Å²) in [5.41, 5.74) is -0.120. The molecular formula is C25H32ClN6O10PS.